The summed E-state index contributed by atoms with van der Waals surface area (Å²) in [5, 5.41) is 2.89. The van der Waals surface area contributed by atoms with Crippen molar-refractivity contribution in [1.29, 1.82) is 0 Å². The maximum Gasteiger partial charge on any atom is 0.355 e. The summed E-state index contributed by atoms with van der Waals surface area (Å²) >= 11 is 23.8. The Morgan fingerprint density at radius 1 is 0.679 bits per heavy atom. The molecule has 0 saturated carbocycles. The summed E-state index contributed by atoms with van der Waals surface area (Å²) < 4.78 is 37.2. The summed E-state index contributed by atoms with van der Waals surface area (Å²) in [6.45, 7) is 14.2. The SMILES string of the molecule is C.C.CCOC(=O)c1[nH]c2cc(Cl)ccc2c1-c1c(-c2ccccc2)ncn1Cc1ccc(Cl)cc1.CCOC(=O)c1[nH]c2cc(Cl)ccc2c1C=O.NCc1ccc(Cl)cc1.[C-]#[N+]C(c1ccccc1)S(=O)(=O)c1ccc(C)cc1. The zero-order valence-corrected chi connectivity index (χ0v) is 46.8. The molecule has 418 valence electrons. The van der Waals surface area contributed by atoms with E-state index in [-0.39, 0.29) is 38.7 Å². The molecule has 0 aliphatic carbocycles. The molecule has 10 rings (SSSR count). The van der Waals surface area contributed by atoms with Crippen molar-refractivity contribution in [3.8, 4) is 22.5 Å². The Hall–Kier alpha value is -8.00. The number of carbonyl (C=O) groups excluding carboxylic acids is 3. The van der Waals surface area contributed by atoms with Crippen LogP contribution in [-0.4, -0.2) is 59.4 Å². The van der Waals surface area contributed by atoms with Gasteiger partial charge < -0.3 is 29.7 Å². The second-order valence-electron chi connectivity index (χ2n) is 17.4. The number of hydrogen-bond donors (Lipinski definition) is 3. The number of nitrogens with one attached hydrogen (secondary N) is 2. The zero-order chi connectivity index (χ0) is 56.6. The quantitative estimate of drug-likeness (QED) is 0.0574. The second kappa shape index (κ2) is 30.0. The number of H-pyrrole nitrogens is 2. The summed E-state index contributed by atoms with van der Waals surface area (Å²) in [7, 11) is -3.68. The van der Waals surface area contributed by atoms with E-state index in [1.807, 2.05) is 109 Å². The van der Waals surface area contributed by atoms with Crippen LogP contribution in [0.5, 0.6) is 0 Å². The number of hydrogen-bond acceptors (Lipinski definition) is 9. The number of ether oxygens (including phenoxy) is 2. The molecule has 0 saturated heterocycles. The molecule has 13 nitrogen and oxygen atoms in total. The van der Waals surface area contributed by atoms with E-state index in [1.54, 1.807) is 93.0 Å². The van der Waals surface area contributed by atoms with Crippen molar-refractivity contribution in [1.82, 2.24) is 19.5 Å². The topological polar surface area (TPSA) is 184 Å². The van der Waals surface area contributed by atoms with Gasteiger partial charge in [-0.05, 0) is 92.6 Å². The Kier molecular flexibility index (Phi) is 23.6. The molecule has 0 amide bonds. The van der Waals surface area contributed by atoms with Crippen molar-refractivity contribution >= 4 is 96.3 Å². The van der Waals surface area contributed by atoms with E-state index < -0.39 is 27.1 Å². The number of aldehydes is 1. The second-order valence-corrected chi connectivity index (χ2v) is 21.1. The molecule has 0 aliphatic heterocycles. The van der Waals surface area contributed by atoms with Crippen molar-refractivity contribution < 1.29 is 32.3 Å². The number of aromatic nitrogens is 4. The van der Waals surface area contributed by atoms with Gasteiger partial charge in [-0.2, -0.15) is 0 Å². The molecule has 18 heteroatoms. The molecule has 0 radical (unpaired) electrons. The highest BCUT2D eigenvalue weighted by molar-refractivity contribution is 7.91. The van der Waals surface area contributed by atoms with Crippen molar-refractivity contribution in [3.63, 3.8) is 0 Å². The van der Waals surface area contributed by atoms with Crippen LogP contribution in [-0.2, 0) is 32.4 Å². The minimum atomic E-state index is -3.68. The van der Waals surface area contributed by atoms with Gasteiger partial charge >= 0.3 is 17.3 Å². The van der Waals surface area contributed by atoms with Gasteiger partial charge in [0.05, 0.1) is 47.0 Å². The summed E-state index contributed by atoms with van der Waals surface area (Å²) in [6.07, 6.45) is 2.44. The molecule has 0 spiro atoms. The van der Waals surface area contributed by atoms with Gasteiger partial charge in [-0.1, -0.05) is 176 Å². The molecule has 3 aromatic heterocycles. The first-order valence-electron chi connectivity index (χ1n) is 24.5. The van der Waals surface area contributed by atoms with E-state index in [9.17, 15) is 22.8 Å². The summed E-state index contributed by atoms with van der Waals surface area (Å²) in [4.78, 5) is 50.0. The largest absolute Gasteiger partial charge is 0.461 e. The highest BCUT2D eigenvalue weighted by Crippen LogP contribution is 2.40. The lowest BCUT2D eigenvalue weighted by atomic mass is 10.0. The van der Waals surface area contributed by atoms with Gasteiger partial charge in [-0.15, -0.1) is 0 Å². The molecular weight excluding hydrogens is 1130 g/mol. The number of carbonyl (C=O) groups is 3. The maximum atomic E-state index is 13.0. The number of benzene rings is 7. The number of imidazole rings is 1. The van der Waals surface area contributed by atoms with Gasteiger partial charge in [0.1, 0.15) is 11.4 Å². The summed E-state index contributed by atoms with van der Waals surface area (Å²) in [6, 6.07) is 50.8. The predicted molar refractivity (Wildman–Crippen MR) is 328 cm³/mol. The number of nitrogens with two attached hydrogens (primary N) is 1. The highest BCUT2D eigenvalue weighted by atomic mass is 35.5. The lowest BCUT2D eigenvalue weighted by molar-refractivity contribution is 0.0511. The zero-order valence-electron chi connectivity index (χ0n) is 42.9. The van der Waals surface area contributed by atoms with Crippen LogP contribution in [0.2, 0.25) is 20.1 Å². The highest BCUT2D eigenvalue weighted by Gasteiger charge is 2.34. The maximum absolute atomic E-state index is 13.0. The van der Waals surface area contributed by atoms with E-state index in [4.69, 9.17) is 73.2 Å². The van der Waals surface area contributed by atoms with Crippen LogP contribution < -0.4 is 5.73 Å². The number of fused-ring (bicyclic) bond motifs is 2. The first kappa shape index (κ1) is 63.8. The fraction of sp³-hybridized carbons (Fsp3) is 0.159. The third-order valence-corrected chi connectivity index (χ3v) is 14.9. The third-order valence-electron chi connectivity index (χ3n) is 12.0. The fourth-order valence-electron chi connectivity index (χ4n) is 8.23. The van der Waals surface area contributed by atoms with E-state index in [1.165, 1.54) is 0 Å². The Labute approximate surface area is 492 Å². The van der Waals surface area contributed by atoms with Crippen molar-refractivity contribution in [2.45, 2.75) is 59.0 Å². The molecule has 3 heterocycles. The molecule has 81 heavy (non-hydrogen) atoms. The summed E-state index contributed by atoms with van der Waals surface area (Å²) in [5.41, 5.74) is 14.5. The van der Waals surface area contributed by atoms with Crippen LogP contribution in [0.1, 0.15) is 87.7 Å². The number of rotatable bonds is 13. The normalized spacial score (nSPS) is 10.9. The average molecular weight is 1190 g/mol. The summed E-state index contributed by atoms with van der Waals surface area (Å²) in [5.74, 6) is -0.968. The molecule has 0 bridgehead atoms. The van der Waals surface area contributed by atoms with Crippen LogP contribution in [0.15, 0.2) is 181 Å². The molecule has 7 aromatic carbocycles. The molecule has 0 aliphatic rings. The predicted octanol–water partition coefficient (Wildman–Crippen LogP) is 16.5. The van der Waals surface area contributed by atoms with E-state index >= 15 is 0 Å². The molecule has 1 unspecified atom stereocenters. The minimum Gasteiger partial charge on any atom is -0.461 e. The van der Waals surface area contributed by atoms with Crippen molar-refractivity contribution in [3.05, 3.63) is 247 Å². The first-order chi connectivity index (χ1) is 38.1. The third kappa shape index (κ3) is 15.9. The Bertz CT molecular complexity index is 3860. The van der Waals surface area contributed by atoms with Crippen LogP contribution in [0.3, 0.4) is 0 Å². The smallest absolute Gasteiger partial charge is 0.355 e. The Balaban J connectivity index is 0.000000218. The van der Waals surface area contributed by atoms with Crippen LogP contribution in [0, 0.1) is 13.5 Å². The fourth-order valence-corrected chi connectivity index (χ4v) is 10.2. The Morgan fingerprint density at radius 2 is 1.17 bits per heavy atom. The number of aromatic amines is 2. The minimum absolute atomic E-state index is 0. The first-order valence-corrected chi connectivity index (χ1v) is 27.6. The molecule has 10 aromatic rings. The molecule has 0 fully saturated rings. The number of aryl methyl sites for hydroxylation is 1. The van der Waals surface area contributed by atoms with Gasteiger partial charge in [0.25, 0.3) is 9.84 Å². The van der Waals surface area contributed by atoms with E-state index in [2.05, 4.69) is 14.8 Å². The molecular formula is C63H60Cl4N6O7S. The standard InChI is InChI=1S/C27H21Cl2N3O2.C15H13NO2S.C12H10ClNO3.C7H8ClN.2CH4/c1-2-34-27(33)25-23(21-13-12-20(29)14-22(21)31-25)26-24(18-6-4-3-5-7-18)30-16-32(26)15-17-8-10-19(28)11-9-17;1-12-8-10-14(11-9-12)19(17,18)15(16-2)13-6-4-3-5-7-13;1-2-17-12(16)11-9(6-15)8-4-3-7(13)5-10(8)14-11;8-7-3-1-6(5-9)2-4-7;;/h3-14,16,31H,2,15H2,1H3;3-11,15H,1H3;3-6,14H,2H2,1H3;1-4H,5,9H2;2*1H4. The van der Waals surface area contributed by atoms with Crippen LogP contribution in [0.4, 0.5) is 0 Å². The van der Waals surface area contributed by atoms with Gasteiger partial charge in [0.15, 0.2) is 6.29 Å². The van der Waals surface area contributed by atoms with Gasteiger partial charge in [-0.25, -0.2) is 29.6 Å². The number of halogens is 4. The van der Waals surface area contributed by atoms with Gasteiger partial charge in [0.2, 0.25) is 0 Å². The van der Waals surface area contributed by atoms with E-state index in [0.29, 0.717) is 62.2 Å². The van der Waals surface area contributed by atoms with Gasteiger partial charge in [-0.3, -0.25) is 9.64 Å². The Morgan fingerprint density at radius 3 is 1.70 bits per heavy atom. The van der Waals surface area contributed by atoms with Crippen LogP contribution in [0.25, 0.3) is 49.2 Å². The van der Waals surface area contributed by atoms with Gasteiger partial charge in [0, 0.05) is 66.1 Å². The lowest BCUT2D eigenvalue weighted by Crippen LogP contribution is -2.10. The van der Waals surface area contributed by atoms with E-state index in [0.717, 1.165) is 55.1 Å². The average Bonchev–Trinajstić information content (AvgIpc) is 4.39. The lowest BCUT2D eigenvalue weighted by Gasteiger charge is -2.12. The number of nitrogens with zero attached hydrogens (tertiary/aromatic N) is 3. The molecule has 4 N–H and O–H groups in total. The number of esters is 2. The van der Waals surface area contributed by atoms with Crippen molar-refractivity contribution in [2.75, 3.05) is 13.2 Å². The van der Waals surface area contributed by atoms with Crippen molar-refractivity contribution in [2.24, 2.45) is 5.73 Å². The number of sulfone groups is 1. The molecule has 1 atom stereocenters. The monoisotopic (exact) mass is 1180 g/mol. The van der Waals surface area contributed by atoms with Crippen LogP contribution >= 0.6 is 46.4 Å².